The molecule has 3 atom stereocenters. The van der Waals surface area contributed by atoms with E-state index >= 15 is 0 Å². The Morgan fingerprint density at radius 3 is 2.55 bits per heavy atom. The molecule has 1 aliphatic heterocycles. The third kappa shape index (κ3) is 6.53. The van der Waals surface area contributed by atoms with Crippen LogP contribution in [-0.4, -0.2) is 79.6 Å². The lowest BCUT2D eigenvalue weighted by Crippen LogP contribution is -2.50. The number of aliphatic hydroxyl groups excluding tert-OH is 1. The Balaban J connectivity index is 1.72. The van der Waals surface area contributed by atoms with E-state index in [2.05, 4.69) is 4.98 Å². The quantitative estimate of drug-likeness (QED) is 0.406. The number of carbonyl (C=O) groups is 1. The number of hydrogen-bond acceptors (Lipinski definition) is 7. The predicted octanol–water partition coefficient (Wildman–Crippen LogP) is 4.32. The van der Waals surface area contributed by atoms with Gasteiger partial charge in [-0.3, -0.25) is 4.79 Å². The zero-order valence-electron chi connectivity index (χ0n) is 23.5. The molecule has 0 unspecified atom stereocenters. The van der Waals surface area contributed by atoms with Crippen molar-refractivity contribution in [3.05, 3.63) is 71.9 Å². The summed E-state index contributed by atoms with van der Waals surface area (Å²) in [6, 6.07) is 11.5. The molecule has 42 heavy (non-hydrogen) atoms. The topological polar surface area (TPSA) is 109 Å². The Morgan fingerprint density at radius 2 is 1.88 bits per heavy atom. The maximum Gasteiger partial charge on any atom is 0.416 e. The lowest BCUT2D eigenvalue weighted by Gasteiger charge is -2.37. The van der Waals surface area contributed by atoms with Crippen LogP contribution in [-0.2, 0) is 16.2 Å². The number of aromatic nitrogens is 1. The number of pyridine rings is 1. The highest BCUT2D eigenvalue weighted by Gasteiger charge is 2.36. The van der Waals surface area contributed by atoms with Crippen molar-refractivity contribution in [1.82, 2.24) is 14.2 Å². The first-order chi connectivity index (χ1) is 19.8. The summed E-state index contributed by atoms with van der Waals surface area (Å²) in [7, 11) is -1.11. The number of nitrogens with zero attached hydrogens (tertiary/aromatic N) is 3. The molecular weight excluding hydrogens is 575 g/mol. The first kappa shape index (κ1) is 31.3. The second kappa shape index (κ2) is 12.3. The second-order valence-corrected chi connectivity index (χ2v) is 12.3. The molecule has 1 aliphatic rings. The highest BCUT2D eigenvalue weighted by molar-refractivity contribution is 7.89. The summed E-state index contributed by atoms with van der Waals surface area (Å²) in [5, 5.41) is 9.88. The van der Waals surface area contributed by atoms with Crippen molar-refractivity contribution in [2.24, 2.45) is 5.92 Å². The number of halogens is 3. The van der Waals surface area contributed by atoms with Gasteiger partial charge in [-0.1, -0.05) is 25.1 Å². The largest absolute Gasteiger partial charge is 0.497 e. The van der Waals surface area contributed by atoms with Gasteiger partial charge in [0.25, 0.3) is 5.91 Å². The van der Waals surface area contributed by atoms with E-state index in [1.807, 2.05) is 0 Å². The molecule has 0 radical (unpaired) electrons. The maximum absolute atomic E-state index is 13.7. The molecule has 3 aromatic rings. The van der Waals surface area contributed by atoms with Crippen molar-refractivity contribution >= 4 is 15.9 Å². The van der Waals surface area contributed by atoms with Crippen LogP contribution in [0.3, 0.4) is 0 Å². The third-order valence-electron chi connectivity index (χ3n) is 7.23. The maximum atomic E-state index is 13.7. The van der Waals surface area contributed by atoms with Crippen LogP contribution in [0.2, 0.25) is 0 Å². The summed E-state index contributed by atoms with van der Waals surface area (Å²) >= 11 is 0. The standard InChI is InChI=1S/C29H32F3N3O6S/c1-18-15-35(19(2)17-36)28(37)25-12-21(20-7-5-8-22(11-20)29(30,31)32)14-33-27(25)41-26(18)16-34(3)42(38,39)24-10-6-9-23(13-24)40-4/h5-14,18-19,26,36H,15-17H2,1-4H3/t18-,19+,26-/m0/s1. The summed E-state index contributed by atoms with van der Waals surface area (Å²) in [4.78, 5) is 19.4. The molecule has 2 aromatic carbocycles. The minimum Gasteiger partial charge on any atom is -0.497 e. The summed E-state index contributed by atoms with van der Waals surface area (Å²) in [5.41, 5.74) is -0.401. The fraction of sp³-hybridized carbons (Fsp3) is 0.379. The number of fused-ring (bicyclic) bond motifs is 1. The van der Waals surface area contributed by atoms with Crippen molar-refractivity contribution in [2.45, 2.75) is 37.1 Å². The van der Waals surface area contributed by atoms with E-state index in [0.29, 0.717) is 5.75 Å². The number of methoxy groups -OCH3 is 1. The molecular formula is C29H32F3N3O6S. The number of aliphatic hydroxyl groups is 1. The van der Waals surface area contributed by atoms with Gasteiger partial charge in [0.1, 0.15) is 17.4 Å². The SMILES string of the molecule is COc1cccc(S(=O)(=O)N(C)C[C@@H]2Oc3ncc(-c4cccc(C(F)(F)F)c4)cc3C(=O)N([C@H](C)CO)C[C@@H]2C)c1. The van der Waals surface area contributed by atoms with Crippen molar-refractivity contribution in [3.8, 4) is 22.8 Å². The number of amides is 1. The zero-order chi connectivity index (χ0) is 30.8. The highest BCUT2D eigenvalue weighted by Crippen LogP contribution is 2.34. The predicted molar refractivity (Wildman–Crippen MR) is 149 cm³/mol. The second-order valence-electron chi connectivity index (χ2n) is 10.2. The first-order valence-corrected chi connectivity index (χ1v) is 14.6. The van der Waals surface area contributed by atoms with Crippen LogP contribution >= 0.6 is 0 Å². The van der Waals surface area contributed by atoms with Crippen LogP contribution in [0.25, 0.3) is 11.1 Å². The Morgan fingerprint density at radius 1 is 1.17 bits per heavy atom. The van der Waals surface area contributed by atoms with Crippen LogP contribution < -0.4 is 9.47 Å². The molecule has 2 heterocycles. The molecule has 0 saturated heterocycles. The number of carbonyl (C=O) groups excluding carboxylic acids is 1. The Bertz CT molecular complexity index is 1550. The van der Waals surface area contributed by atoms with Crippen molar-refractivity contribution in [3.63, 3.8) is 0 Å². The van der Waals surface area contributed by atoms with Crippen LogP contribution in [0.5, 0.6) is 11.6 Å². The van der Waals surface area contributed by atoms with E-state index in [0.717, 1.165) is 16.4 Å². The number of sulfonamides is 1. The number of ether oxygens (including phenoxy) is 2. The summed E-state index contributed by atoms with van der Waals surface area (Å²) < 4.78 is 79.2. The average Bonchev–Trinajstić information content (AvgIpc) is 2.97. The monoisotopic (exact) mass is 607 g/mol. The minimum absolute atomic E-state index is 0.0135. The molecule has 0 bridgehead atoms. The molecule has 9 nitrogen and oxygen atoms in total. The van der Waals surface area contributed by atoms with Crippen molar-refractivity contribution in [1.29, 1.82) is 0 Å². The van der Waals surface area contributed by atoms with E-state index in [1.54, 1.807) is 26.0 Å². The molecule has 0 saturated carbocycles. The van der Waals surface area contributed by atoms with E-state index in [1.165, 1.54) is 55.6 Å². The molecule has 0 fully saturated rings. The van der Waals surface area contributed by atoms with Gasteiger partial charge in [0.2, 0.25) is 15.9 Å². The number of hydrogen-bond donors (Lipinski definition) is 1. The highest BCUT2D eigenvalue weighted by atomic mass is 32.2. The van der Waals surface area contributed by atoms with Gasteiger partial charge in [0.05, 0.1) is 36.8 Å². The molecule has 0 spiro atoms. The minimum atomic E-state index is -4.56. The summed E-state index contributed by atoms with van der Waals surface area (Å²) in [5.74, 6) is -0.629. The summed E-state index contributed by atoms with van der Waals surface area (Å²) in [6.07, 6.45) is -4.02. The van der Waals surface area contributed by atoms with Crippen LogP contribution in [0.4, 0.5) is 13.2 Å². The average molecular weight is 608 g/mol. The Labute approximate surface area is 242 Å². The number of alkyl halides is 3. The third-order valence-corrected chi connectivity index (χ3v) is 9.05. The molecule has 13 heteroatoms. The van der Waals surface area contributed by atoms with Crippen LogP contribution in [0.1, 0.15) is 29.8 Å². The van der Waals surface area contributed by atoms with Crippen molar-refractivity contribution in [2.75, 3.05) is 33.9 Å². The van der Waals surface area contributed by atoms with E-state index in [4.69, 9.17) is 9.47 Å². The number of likely N-dealkylation sites (N-methyl/N-ethyl adjacent to an activating group) is 1. The molecule has 4 rings (SSSR count). The van der Waals surface area contributed by atoms with E-state index < -0.39 is 45.7 Å². The molecule has 1 amide bonds. The first-order valence-electron chi connectivity index (χ1n) is 13.1. The van der Waals surface area contributed by atoms with Crippen molar-refractivity contribution < 1.29 is 41.0 Å². The van der Waals surface area contributed by atoms with Gasteiger partial charge < -0.3 is 19.5 Å². The number of benzene rings is 2. The Kier molecular flexibility index (Phi) is 9.14. The molecule has 1 aromatic heterocycles. The number of rotatable bonds is 8. The smallest absolute Gasteiger partial charge is 0.416 e. The van der Waals surface area contributed by atoms with E-state index in [-0.39, 0.29) is 47.2 Å². The molecule has 226 valence electrons. The van der Waals surface area contributed by atoms with Gasteiger partial charge in [0, 0.05) is 37.3 Å². The van der Waals surface area contributed by atoms with Gasteiger partial charge in [-0.2, -0.15) is 17.5 Å². The summed E-state index contributed by atoms with van der Waals surface area (Å²) in [6.45, 7) is 3.12. The lowest BCUT2D eigenvalue weighted by atomic mass is 9.99. The fourth-order valence-electron chi connectivity index (χ4n) is 4.65. The normalized spacial score (nSPS) is 18.6. The van der Waals surface area contributed by atoms with Gasteiger partial charge in [-0.05, 0) is 42.8 Å². The van der Waals surface area contributed by atoms with Gasteiger partial charge in [-0.25, -0.2) is 13.4 Å². The molecule has 0 aliphatic carbocycles. The van der Waals surface area contributed by atoms with Gasteiger partial charge in [0.15, 0.2) is 0 Å². The fourth-order valence-corrected chi connectivity index (χ4v) is 5.86. The van der Waals surface area contributed by atoms with Crippen LogP contribution in [0, 0.1) is 5.92 Å². The lowest BCUT2D eigenvalue weighted by molar-refractivity contribution is -0.137. The van der Waals surface area contributed by atoms with E-state index in [9.17, 15) is 31.5 Å². The zero-order valence-corrected chi connectivity index (χ0v) is 24.3. The molecule has 1 N–H and O–H groups in total. The Hall–Kier alpha value is -3.68. The van der Waals surface area contributed by atoms with Crippen LogP contribution in [0.15, 0.2) is 65.7 Å². The van der Waals surface area contributed by atoms with Gasteiger partial charge in [-0.15, -0.1) is 0 Å². The van der Waals surface area contributed by atoms with Gasteiger partial charge >= 0.3 is 6.18 Å².